The Bertz CT molecular complexity index is 3080. The fraction of sp³-hybridized carbons (Fsp3) is 0.529. The number of carbonyl (C=O) groups excluding carboxylic acids is 11. The molecular weight excluding hydrogens is 1160 g/mol. The molecule has 490 valence electrons. The number of ketones is 3. The van der Waals surface area contributed by atoms with Crippen molar-refractivity contribution < 1.29 is 57.5 Å². The average Bonchev–Trinajstić information content (AvgIpc) is 2.05. The molecule has 0 radical (unpaired) electrons. The number of nitrogens with one attached hydrogen (secondary N) is 4. The minimum absolute atomic E-state index is 0.00408. The summed E-state index contributed by atoms with van der Waals surface area (Å²) < 4.78 is 5.75. The van der Waals surface area contributed by atoms with Crippen molar-refractivity contribution in [3.63, 3.8) is 0 Å². The first-order valence-electron chi connectivity index (χ1n) is 31.8. The zero-order valence-corrected chi connectivity index (χ0v) is 52.3. The van der Waals surface area contributed by atoms with Crippen molar-refractivity contribution in [2.24, 2.45) is 75.1 Å². The normalized spacial score (nSPS) is 18.8. The second kappa shape index (κ2) is 36.0. The van der Waals surface area contributed by atoms with Crippen molar-refractivity contribution in [1.82, 2.24) is 26.2 Å². The van der Waals surface area contributed by atoms with Gasteiger partial charge in [-0.2, -0.15) is 0 Å². The first-order valence-corrected chi connectivity index (χ1v) is 31.8. The van der Waals surface area contributed by atoms with Gasteiger partial charge in [-0.15, -0.1) is 11.8 Å². The van der Waals surface area contributed by atoms with Crippen LogP contribution >= 0.6 is 0 Å². The van der Waals surface area contributed by atoms with Crippen LogP contribution in [0, 0.1) is 53.3 Å². The molecule has 0 bridgehead atoms. The number of amides is 8. The first kappa shape index (κ1) is 71.1. The molecule has 6 rings (SSSR count). The lowest BCUT2D eigenvalue weighted by Crippen LogP contribution is -2.56. The Kier molecular flexibility index (Phi) is 28.2. The molecule has 1 aliphatic heterocycles. The largest absolute Gasteiger partial charge is 0.449 e. The molecule has 8 amide bonds. The van der Waals surface area contributed by atoms with Gasteiger partial charge in [0.15, 0.2) is 23.3 Å². The van der Waals surface area contributed by atoms with E-state index in [1.807, 2.05) is 44.2 Å². The number of guanidine groups is 1. The van der Waals surface area contributed by atoms with E-state index >= 15 is 0 Å². The Hall–Kier alpha value is -8.94. The molecule has 1 heterocycles. The highest BCUT2D eigenvalue weighted by Gasteiger charge is 2.49. The summed E-state index contributed by atoms with van der Waals surface area (Å²) in [7, 11) is 0. The summed E-state index contributed by atoms with van der Waals surface area (Å²) in [5.74, 6) is -2.74. The fourth-order valence-corrected chi connectivity index (χ4v) is 12.4. The minimum atomic E-state index is -1.47. The van der Waals surface area contributed by atoms with Gasteiger partial charge in [0.25, 0.3) is 0 Å². The molecule has 2 fully saturated rings. The topological polar surface area (TPSA) is 391 Å². The second-order valence-corrected chi connectivity index (χ2v) is 24.8. The third kappa shape index (κ3) is 23.7. The van der Waals surface area contributed by atoms with Crippen molar-refractivity contribution in [2.45, 2.75) is 166 Å². The van der Waals surface area contributed by atoms with Gasteiger partial charge in [0, 0.05) is 75.8 Å². The molecule has 3 aromatic rings. The van der Waals surface area contributed by atoms with Gasteiger partial charge >= 0.3 is 6.09 Å². The van der Waals surface area contributed by atoms with Gasteiger partial charge in [0.2, 0.25) is 41.4 Å². The van der Waals surface area contributed by atoms with Crippen molar-refractivity contribution in [3.8, 4) is 11.8 Å². The summed E-state index contributed by atoms with van der Waals surface area (Å²) in [6.07, 6.45) is 1.53. The maximum atomic E-state index is 14.9. The van der Waals surface area contributed by atoms with E-state index in [0.29, 0.717) is 23.8 Å². The van der Waals surface area contributed by atoms with Gasteiger partial charge in [-0.1, -0.05) is 105 Å². The van der Waals surface area contributed by atoms with Crippen LogP contribution in [0.5, 0.6) is 0 Å². The number of nitrogens with two attached hydrogens (primary N) is 5. The Morgan fingerprint density at radius 1 is 0.571 bits per heavy atom. The van der Waals surface area contributed by atoms with E-state index in [2.05, 4.69) is 38.1 Å². The van der Waals surface area contributed by atoms with E-state index in [0.717, 1.165) is 36.8 Å². The maximum absolute atomic E-state index is 14.9. The highest BCUT2D eigenvalue weighted by Crippen LogP contribution is 2.52. The summed E-state index contributed by atoms with van der Waals surface area (Å²) in [5, 5.41) is 11.1. The quantitative estimate of drug-likeness (QED) is 0.0172. The SMILES string of the molecule is CC(C)C[C@H](CC(=O)[C@H](Cc1ccccc1)NC(=O)OCC1[C@H]2CCC#CCC[C@@H]12)C(=O)N[C@@H](Cc1ccccc1)C(=O)C[C@@H](CCC(N)=O)C(=O)N1CCC[C@H]1C(=O)N[C@@H](CCC(N)=O)C(=O)N[C@@H](CCCN=C(N)N)C(=O)C[C@@H](Cc1ccccc1)C(N)=O. The van der Waals surface area contributed by atoms with Crippen LogP contribution in [-0.2, 0) is 71.9 Å². The number of hydrogen-bond donors (Lipinski definition) is 9. The molecule has 23 heteroatoms. The number of rotatable bonds is 38. The molecule has 1 saturated carbocycles. The zero-order valence-electron chi connectivity index (χ0n) is 52.3. The molecule has 3 aromatic carbocycles. The molecule has 3 aliphatic rings. The summed E-state index contributed by atoms with van der Waals surface area (Å²) >= 11 is 0. The number of alkyl carbamates (subject to hydrolysis) is 1. The van der Waals surface area contributed by atoms with E-state index in [4.69, 9.17) is 33.4 Å². The number of benzene rings is 3. The monoisotopic (exact) mass is 1250 g/mol. The number of primary amides is 3. The number of aliphatic imine (C=N–C) groups is 1. The molecule has 23 nitrogen and oxygen atoms in total. The Morgan fingerprint density at radius 2 is 1.08 bits per heavy atom. The van der Waals surface area contributed by atoms with Gasteiger partial charge in [0.05, 0.1) is 24.7 Å². The van der Waals surface area contributed by atoms with E-state index in [1.54, 1.807) is 60.7 Å². The lowest BCUT2D eigenvalue weighted by atomic mass is 9.87. The maximum Gasteiger partial charge on any atom is 0.407 e. The molecule has 1 unspecified atom stereocenters. The standard InChI is InChI=1S/C68H91N11O12/c1-42(2)34-48(40-59(82)55(37-45-22-12-7-13-23-45)78-68(90)91-41-51-49-24-14-3-4-15-25-50(49)51)63(86)77-54(36-44-20-10-6-11-21-44)58(81)38-46(28-30-60(69)83)66(89)79-33-17-27-56(79)65(88)76-53(29-31-61(70)84)64(87)75-52(26-16-32-74-67(72)73)57(80)39-47(62(71)85)35-43-18-8-5-9-19-43/h5-13,18-23,42,46-56H,14-17,24-41H2,1-2H3,(H2,69,83)(H2,70,84)(H2,71,85)(H,75,87)(H,76,88)(H,77,86)(H,78,90)(H4,72,73,74)/t46-,47-,48-,49-,50+,51?,52+,53+,54+,55+,56+/m1/s1. The number of hydrogen-bond acceptors (Lipinski definition) is 13. The van der Waals surface area contributed by atoms with Crippen LogP contribution in [0.2, 0.25) is 0 Å². The molecule has 91 heavy (non-hydrogen) atoms. The highest BCUT2D eigenvalue weighted by atomic mass is 16.5. The van der Waals surface area contributed by atoms with Crippen molar-refractivity contribution >= 4 is 70.8 Å². The van der Waals surface area contributed by atoms with E-state index in [9.17, 15) is 52.7 Å². The number of carbonyl (C=O) groups is 11. The van der Waals surface area contributed by atoms with Gasteiger partial charge in [-0.05, 0) is 117 Å². The van der Waals surface area contributed by atoms with Crippen LogP contribution in [0.15, 0.2) is 96.0 Å². The zero-order chi connectivity index (χ0) is 66.0. The number of fused-ring (bicyclic) bond motifs is 1. The van der Waals surface area contributed by atoms with E-state index in [-0.39, 0.29) is 121 Å². The fourth-order valence-electron chi connectivity index (χ4n) is 12.4. The second-order valence-electron chi connectivity index (χ2n) is 24.8. The molecule has 0 aromatic heterocycles. The molecule has 1 saturated heterocycles. The average molecular weight is 1250 g/mol. The summed E-state index contributed by atoms with van der Waals surface area (Å²) in [4.78, 5) is 158. The van der Waals surface area contributed by atoms with Gasteiger partial charge in [0.1, 0.15) is 12.1 Å². The Balaban J connectivity index is 1.18. The van der Waals surface area contributed by atoms with Gasteiger partial charge in [-0.25, -0.2) is 4.79 Å². The van der Waals surface area contributed by atoms with Gasteiger partial charge < -0.3 is 59.6 Å². The van der Waals surface area contributed by atoms with Crippen molar-refractivity contribution in [3.05, 3.63) is 108 Å². The van der Waals surface area contributed by atoms with Crippen LogP contribution < -0.4 is 49.9 Å². The summed E-state index contributed by atoms with van der Waals surface area (Å²) in [6.45, 7) is 4.13. The van der Waals surface area contributed by atoms with Crippen LogP contribution in [-0.4, -0.2) is 126 Å². The lowest BCUT2D eigenvalue weighted by molar-refractivity contribution is -0.144. The molecule has 2 aliphatic carbocycles. The van der Waals surface area contributed by atoms with E-state index in [1.165, 1.54) is 4.90 Å². The smallest absolute Gasteiger partial charge is 0.407 e. The number of nitrogens with zero attached hydrogens (tertiary/aromatic N) is 2. The number of likely N-dealkylation sites (tertiary alicyclic amines) is 1. The third-order valence-corrected chi connectivity index (χ3v) is 17.3. The summed E-state index contributed by atoms with van der Waals surface area (Å²) in [6, 6.07) is 20.7. The van der Waals surface area contributed by atoms with Crippen LogP contribution in [0.4, 0.5) is 4.79 Å². The minimum Gasteiger partial charge on any atom is -0.449 e. The molecular formula is C68H91N11O12. The Morgan fingerprint density at radius 3 is 1.62 bits per heavy atom. The van der Waals surface area contributed by atoms with Crippen molar-refractivity contribution in [2.75, 3.05) is 19.7 Å². The van der Waals surface area contributed by atoms with Crippen LogP contribution in [0.1, 0.15) is 133 Å². The third-order valence-electron chi connectivity index (χ3n) is 17.3. The predicted molar refractivity (Wildman–Crippen MR) is 341 cm³/mol. The van der Waals surface area contributed by atoms with Crippen LogP contribution in [0.3, 0.4) is 0 Å². The number of ether oxygens (including phenoxy) is 1. The summed E-state index contributed by atoms with van der Waals surface area (Å²) in [5.41, 5.74) is 30.2. The number of Topliss-reactive ketones (excluding diaryl/α,β-unsaturated/α-hetero) is 3. The lowest BCUT2D eigenvalue weighted by Gasteiger charge is -2.30. The van der Waals surface area contributed by atoms with Crippen molar-refractivity contribution in [1.29, 1.82) is 0 Å². The predicted octanol–water partition coefficient (Wildman–Crippen LogP) is 3.54. The molecule has 11 atom stereocenters. The molecule has 0 spiro atoms. The first-order chi connectivity index (χ1) is 43.6. The van der Waals surface area contributed by atoms with E-state index < -0.39 is 119 Å². The van der Waals surface area contributed by atoms with Gasteiger partial charge in [-0.3, -0.25) is 52.9 Å². The highest BCUT2D eigenvalue weighted by molar-refractivity contribution is 5.98. The Labute approximate surface area is 532 Å². The molecule has 14 N–H and O–H groups in total. The van der Waals surface area contributed by atoms with Crippen LogP contribution in [0.25, 0.3) is 0 Å².